The van der Waals surface area contributed by atoms with Crippen molar-refractivity contribution in [2.75, 3.05) is 17.4 Å². The van der Waals surface area contributed by atoms with Crippen LogP contribution < -0.4 is 9.75 Å². The lowest BCUT2D eigenvalue weighted by Crippen LogP contribution is -2.21. The predicted octanol–water partition coefficient (Wildman–Crippen LogP) is 6.02. The highest BCUT2D eigenvalue weighted by Crippen LogP contribution is 2.31. The molecule has 0 saturated carbocycles. The van der Waals surface area contributed by atoms with Gasteiger partial charge in [0.25, 0.3) is 5.91 Å². The van der Waals surface area contributed by atoms with Crippen molar-refractivity contribution in [3.8, 4) is 11.5 Å². The van der Waals surface area contributed by atoms with Gasteiger partial charge in [-0.1, -0.05) is 35.9 Å². The molecule has 4 rings (SSSR count). The van der Waals surface area contributed by atoms with Gasteiger partial charge in [-0.15, -0.1) is 11.8 Å². The lowest BCUT2D eigenvalue weighted by Gasteiger charge is -2.11. The normalized spacial score (nSPS) is 14.7. The van der Waals surface area contributed by atoms with E-state index < -0.39 is 0 Å². The van der Waals surface area contributed by atoms with Crippen molar-refractivity contribution in [1.82, 2.24) is 0 Å². The number of aromatic hydroxyl groups is 1. The number of hydrazone groups is 1. The molecule has 0 spiro atoms. The first-order valence-corrected chi connectivity index (χ1v) is 11.4. The van der Waals surface area contributed by atoms with Crippen molar-refractivity contribution in [2.24, 2.45) is 5.10 Å². The van der Waals surface area contributed by atoms with Crippen LogP contribution in [0.4, 0.5) is 5.69 Å². The number of phenolic OH excluding ortho intramolecular Hbond substituents is 1. The number of ether oxygens (including phenoxy) is 1. The number of hydrogen-bond acceptors (Lipinski definition) is 5. The van der Waals surface area contributed by atoms with E-state index in [1.165, 1.54) is 5.01 Å². The molecule has 1 heterocycles. The molecule has 7 heteroatoms. The van der Waals surface area contributed by atoms with Gasteiger partial charge < -0.3 is 9.84 Å². The summed E-state index contributed by atoms with van der Waals surface area (Å²) in [4.78, 5) is 14.3. The fourth-order valence-electron chi connectivity index (χ4n) is 3.19. The monoisotopic (exact) mass is 464 g/mol. The Labute approximate surface area is 196 Å². The van der Waals surface area contributed by atoms with Crippen LogP contribution >= 0.6 is 23.4 Å². The van der Waals surface area contributed by atoms with E-state index in [2.05, 4.69) is 5.10 Å². The second kappa shape index (κ2) is 9.94. The van der Waals surface area contributed by atoms with Gasteiger partial charge in [0, 0.05) is 15.7 Å². The van der Waals surface area contributed by atoms with Gasteiger partial charge in [0.15, 0.2) is 11.5 Å². The van der Waals surface area contributed by atoms with Crippen molar-refractivity contribution < 1.29 is 14.6 Å². The highest BCUT2D eigenvalue weighted by Gasteiger charge is 2.31. The number of hydrogen-bond donors (Lipinski definition) is 1. The molecule has 1 amide bonds. The summed E-state index contributed by atoms with van der Waals surface area (Å²) in [5.74, 6) is 0.749. The van der Waals surface area contributed by atoms with E-state index in [-0.39, 0.29) is 11.7 Å². The van der Waals surface area contributed by atoms with Gasteiger partial charge >= 0.3 is 0 Å². The van der Waals surface area contributed by atoms with Gasteiger partial charge in [-0.3, -0.25) is 4.79 Å². The standard InChI is InChI=1S/C25H21ClN2O3S/c1-2-31-24-15-17(8-13-23(24)29)14-21-22(16-32-20-11-9-18(26)10-12-20)27-28(25(21)30)19-6-4-3-5-7-19/h3-15,29H,2,16H2,1H3. The fourth-order valence-corrected chi connectivity index (χ4v) is 4.17. The Morgan fingerprint density at radius 3 is 2.56 bits per heavy atom. The van der Waals surface area contributed by atoms with Crippen LogP contribution in [-0.2, 0) is 4.79 Å². The zero-order chi connectivity index (χ0) is 22.5. The summed E-state index contributed by atoms with van der Waals surface area (Å²) in [6, 6.07) is 21.9. The van der Waals surface area contributed by atoms with Crippen molar-refractivity contribution in [1.29, 1.82) is 0 Å². The predicted molar refractivity (Wildman–Crippen MR) is 131 cm³/mol. The smallest absolute Gasteiger partial charge is 0.280 e. The highest BCUT2D eigenvalue weighted by molar-refractivity contribution is 8.00. The van der Waals surface area contributed by atoms with E-state index in [4.69, 9.17) is 16.3 Å². The molecule has 0 aliphatic carbocycles. The summed E-state index contributed by atoms with van der Waals surface area (Å²) in [5, 5.41) is 16.7. The number of halogens is 1. The van der Waals surface area contributed by atoms with Gasteiger partial charge in [0.1, 0.15) is 0 Å². The molecule has 32 heavy (non-hydrogen) atoms. The van der Waals surface area contributed by atoms with E-state index in [0.717, 1.165) is 10.5 Å². The van der Waals surface area contributed by atoms with E-state index in [1.807, 2.05) is 61.5 Å². The van der Waals surface area contributed by atoms with E-state index in [0.29, 0.717) is 40.1 Å². The SMILES string of the molecule is CCOc1cc(C=C2C(=O)N(c3ccccc3)N=C2CSc2ccc(Cl)cc2)ccc1O. The number of amides is 1. The van der Waals surface area contributed by atoms with Crippen LogP contribution in [0.1, 0.15) is 12.5 Å². The van der Waals surface area contributed by atoms with Gasteiger partial charge in [0.05, 0.1) is 23.6 Å². The molecular weight excluding hydrogens is 444 g/mol. The number of benzene rings is 3. The first-order valence-electron chi connectivity index (χ1n) is 10.1. The Bertz CT molecular complexity index is 1180. The molecular formula is C25H21ClN2O3S. The molecule has 0 bridgehead atoms. The zero-order valence-electron chi connectivity index (χ0n) is 17.4. The summed E-state index contributed by atoms with van der Waals surface area (Å²) in [6.07, 6.45) is 1.79. The van der Waals surface area contributed by atoms with Crippen LogP contribution in [0.3, 0.4) is 0 Å². The van der Waals surface area contributed by atoms with E-state index >= 15 is 0 Å². The van der Waals surface area contributed by atoms with Crippen LogP contribution in [0, 0.1) is 0 Å². The molecule has 0 saturated heterocycles. The maximum absolute atomic E-state index is 13.3. The minimum absolute atomic E-state index is 0.0600. The topological polar surface area (TPSA) is 62.1 Å². The van der Waals surface area contributed by atoms with Crippen LogP contribution in [0.2, 0.25) is 5.02 Å². The molecule has 3 aromatic carbocycles. The average Bonchev–Trinajstić information content (AvgIpc) is 3.11. The second-order valence-corrected chi connectivity index (χ2v) is 8.45. The lowest BCUT2D eigenvalue weighted by molar-refractivity contribution is -0.114. The third-order valence-corrected chi connectivity index (χ3v) is 6.01. The van der Waals surface area contributed by atoms with Crippen molar-refractivity contribution in [3.05, 3.63) is 89.0 Å². The molecule has 0 radical (unpaired) electrons. The second-order valence-electron chi connectivity index (χ2n) is 6.96. The number of anilines is 1. The Balaban J connectivity index is 1.67. The summed E-state index contributed by atoms with van der Waals surface area (Å²) >= 11 is 7.56. The third kappa shape index (κ3) is 4.98. The number of thioether (sulfide) groups is 1. The van der Waals surface area contributed by atoms with Gasteiger partial charge in [-0.25, -0.2) is 0 Å². The van der Waals surface area contributed by atoms with Gasteiger partial charge in [-0.05, 0) is 67.1 Å². The fraction of sp³-hybridized carbons (Fsp3) is 0.120. The minimum atomic E-state index is -0.200. The van der Waals surface area contributed by atoms with Crippen molar-refractivity contribution in [2.45, 2.75) is 11.8 Å². The summed E-state index contributed by atoms with van der Waals surface area (Å²) in [7, 11) is 0. The number of rotatable bonds is 7. The number of carbonyl (C=O) groups excluding carboxylic acids is 1. The molecule has 1 aliphatic heterocycles. The number of carbonyl (C=O) groups is 1. The van der Waals surface area contributed by atoms with E-state index in [9.17, 15) is 9.90 Å². The molecule has 0 aromatic heterocycles. The van der Waals surface area contributed by atoms with Gasteiger partial charge in [-0.2, -0.15) is 10.1 Å². The maximum Gasteiger partial charge on any atom is 0.280 e. The Morgan fingerprint density at radius 1 is 1.09 bits per heavy atom. The largest absolute Gasteiger partial charge is 0.504 e. The zero-order valence-corrected chi connectivity index (χ0v) is 18.9. The Kier molecular flexibility index (Phi) is 6.83. The Morgan fingerprint density at radius 2 is 1.84 bits per heavy atom. The van der Waals surface area contributed by atoms with Crippen LogP contribution in [-0.4, -0.2) is 29.1 Å². The first-order chi connectivity index (χ1) is 15.5. The number of nitrogens with zero attached hydrogens (tertiary/aromatic N) is 2. The quantitative estimate of drug-likeness (QED) is 0.343. The van der Waals surface area contributed by atoms with E-state index in [1.54, 1.807) is 36.0 Å². The highest BCUT2D eigenvalue weighted by atomic mass is 35.5. The number of phenols is 1. The van der Waals surface area contributed by atoms with Crippen molar-refractivity contribution >= 4 is 46.7 Å². The minimum Gasteiger partial charge on any atom is -0.504 e. The molecule has 5 nitrogen and oxygen atoms in total. The summed E-state index contributed by atoms with van der Waals surface area (Å²) in [5.41, 5.74) is 2.62. The van der Waals surface area contributed by atoms with Crippen LogP contribution in [0.25, 0.3) is 6.08 Å². The molecule has 0 atom stereocenters. The average molecular weight is 465 g/mol. The van der Waals surface area contributed by atoms with Crippen LogP contribution in [0.15, 0.2) is 88.4 Å². The van der Waals surface area contributed by atoms with Crippen LogP contribution in [0.5, 0.6) is 11.5 Å². The maximum atomic E-state index is 13.3. The Hall–Kier alpha value is -3.22. The number of para-hydroxylation sites is 1. The van der Waals surface area contributed by atoms with Gasteiger partial charge in [0.2, 0.25) is 0 Å². The third-order valence-electron chi connectivity index (χ3n) is 4.74. The first kappa shape index (κ1) is 22.0. The lowest BCUT2D eigenvalue weighted by atomic mass is 10.1. The molecule has 3 aromatic rings. The molecule has 0 unspecified atom stereocenters. The summed E-state index contributed by atoms with van der Waals surface area (Å²) < 4.78 is 5.48. The molecule has 162 valence electrons. The van der Waals surface area contributed by atoms with Crippen molar-refractivity contribution in [3.63, 3.8) is 0 Å². The molecule has 1 N–H and O–H groups in total. The summed E-state index contributed by atoms with van der Waals surface area (Å²) in [6.45, 7) is 2.28. The molecule has 1 aliphatic rings. The molecule has 0 fully saturated rings.